The minimum Gasteiger partial charge on any atom is -0.255 e. The van der Waals surface area contributed by atoms with Gasteiger partial charge in [-0.25, -0.2) is 0 Å². The van der Waals surface area contributed by atoms with Gasteiger partial charge in [0.05, 0.1) is 17.1 Å². The van der Waals surface area contributed by atoms with Crippen molar-refractivity contribution in [2.24, 2.45) is 9.98 Å². The Hall–Kier alpha value is -2.25. The summed E-state index contributed by atoms with van der Waals surface area (Å²) in [5, 5.41) is 0. The van der Waals surface area contributed by atoms with Gasteiger partial charge in [-0.2, -0.15) is 0 Å². The second-order valence-electron chi connectivity index (χ2n) is 18.0. The van der Waals surface area contributed by atoms with Crippen molar-refractivity contribution in [1.29, 1.82) is 0 Å². The maximum Gasteiger partial charge on any atom is 0.0665 e. The van der Waals surface area contributed by atoms with E-state index in [1.165, 1.54) is 204 Å². The van der Waals surface area contributed by atoms with Crippen LogP contribution in [-0.2, 0) is 29.3 Å². The Bertz CT molecular complexity index is 1360. The van der Waals surface area contributed by atoms with Gasteiger partial charge in [-0.1, -0.05) is 242 Å². The van der Waals surface area contributed by atoms with E-state index in [0.717, 1.165) is 62.0 Å². The average molecular weight is 880 g/mol. The average Bonchev–Trinajstić information content (AvgIpc) is 3.27. The van der Waals surface area contributed by atoms with Crippen LogP contribution in [0.2, 0.25) is 0 Å². The van der Waals surface area contributed by atoms with Crippen molar-refractivity contribution >= 4 is 23.3 Å². The van der Waals surface area contributed by atoms with Gasteiger partial charge in [0.2, 0.25) is 0 Å². The summed E-state index contributed by atoms with van der Waals surface area (Å²) in [5.41, 5.74) is 6.00. The smallest absolute Gasteiger partial charge is 0.0665 e. The molecule has 0 saturated heterocycles. The number of hydrogen-bond acceptors (Lipinski definition) is 2. The zero-order chi connectivity index (χ0) is 42.7. The number of aryl methyl sites for hydroxylation is 2. The molecule has 0 bridgehead atoms. The number of nitrogens with zero attached hydrogens (tertiary/aromatic N) is 2. The van der Waals surface area contributed by atoms with Gasteiger partial charge in [-0.15, -0.1) is 0 Å². The fraction of sp³-hybridized carbons (Fsp3) is 0.690. The number of unbranched alkanes of at least 4 members (excludes halogenated alkanes) is 29. The maximum absolute atomic E-state index is 5.23. The maximum atomic E-state index is 5.23. The molecule has 0 fully saturated rings. The van der Waals surface area contributed by atoms with Crippen LogP contribution in [0, 0.1) is 0 Å². The van der Waals surface area contributed by atoms with Crippen molar-refractivity contribution < 1.29 is 16.5 Å². The Morgan fingerprint density at radius 2 is 0.705 bits per heavy atom. The number of benzene rings is 2. The molecule has 3 heteroatoms. The Morgan fingerprint density at radius 1 is 0.377 bits per heavy atom. The van der Waals surface area contributed by atoms with E-state index in [0.29, 0.717) is 0 Å². The van der Waals surface area contributed by atoms with Gasteiger partial charge in [-0.05, 0) is 100 Å². The summed E-state index contributed by atoms with van der Waals surface area (Å²) >= 11 is 0. The van der Waals surface area contributed by atoms with Crippen molar-refractivity contribution in [3.05, 3.63) is 84.0 Å². The third-order valence-corrected chi connectivity index (χ3v) is 12.3. The normalized spacial score (nSPS) is 12.1. The molecule has 0 radical (unpaired) electrons. The fourth-order valence-electron chi connectivity index (χ4n) is 8.34. The number of para-hydroxylation sites is 2. The standard InChI is InChI=1S/C58H96N2.Ni/c1-4-7-10-12-14-16-18-20-22-24-26-28-30-32-34-36-38-40-46-54-48-42-44-51-57(54)59-53-56(50-9-6-3)60-58-52-45-43-49-55(58)47-41-39-37-35-33-31-29-27-25-23-21-19-17-15-13-11-8-5-2;/h34-37,42-45,48-49,51-53H,4-33,38-41,46-47,50H2,1-3H3;. The Morgan fingerprint density at radius 3 is 1.11 bits per heavy atom. The molecule has 348 valence electrons. The van der Waals surface area contributed by atoms with Gasteiger partial charge in [0.25, 0.3) is 0 Å². The van der Waals surface area contributed by atoms with Gasteiger partial charge in [0.15, 0.2) is 0 Å². The zero-order valence-electron chi connectivity index (χ0n) is 40.4. The van der Waals surface area contributed by atoms with E-state index in [1.807, 2.05) is 0 Å². The first-order valence-electron chi connectivity index (χ1n) is 26.4. The molecule has 61 heavy (non-hydrogen) atoms. The predicted molar refractivity (Wildman–Crippen MR) is 272 cm³/mol. The Labute approximate surface area is 390 Å². The van der Waals surface area contributed by atoms with Gasteiger partial charge < -0.3 is 0 Å². The van der Waals surface area contributed by atoms with E-state index >= 15 is 0 Å². The molecule has 2 nitrogen and oxygen atoms in total. The van der Waals surface area contributed by atoms with Crippen molar-refractivity contribution in [1.82, 2.24) is 0 Å². The first-order chi connectivity index (χ1) is 29.8. The quantitative estimate of drug-likeness (QED) is 0.0275. The second-order valence-corrected chi connectivity index (χ2v) is 18.0. The summed E-state index contributed by atoms with van der Waals surface area (Å²) in [7, 11) is 0. The van der Waals surface area contributed by atoms with Crippen LogP contribution < -0.4 is 0 Å². The van der Waals surface area contributed by atoms with Crippen molar-refractivity contribution in [2.45, 2.75) is 258 Å². The second kappa shape index (κ2) is 44.4. The Balaban J connectivity index is 0.0000186. The summed E-state index contributed by atoms with van der Waals surface area (Å²) in [6.07, 6.45) is 61.2. The van der Waals surface area contributed by atoms with Crippen LogP contribution in [0.1, 0.15) is 257 Å². The molecule has 0 aromatic heterocycles. The van der Waals surface area contributed by atoms with Gasteiger partial charge in [-0.3, -0.25) is 9.98 Å². The summed E-state index contributed by atoms with van der Waals surface area (Å²) < 4.78 is 0. The summed E-state index contributed by atoms with van der Waals surface area (Å²) in [4.78, 5) is 10.3. The molecule has 0 N–H and O–H groups in total. The van der Waals surface area contributed by atoms with Crippen LogP contribution in [0.3, 0.4) is 0 Å². The molecule has 0 unspecified atom stereocenters. The topological polar surface area (TPSA) is 24.7 Å². The molecule has 2 aromatic carbocycles. The van der Waals surface area contributed by atoms with Crippen LogP contribution in [0.4, 0.5) is 11.4 Å². The molecule has 0 aliphatic carbocycles. The van der Waals surface area contributed by atoms with Gasteiger partial charge in [0, 0.05) is 22.7 Å². The number of aliphatic imine (C=N–C) groups is 2. The predicted octanol–water partition coefficient (Wildman–Crippen LogP) is 20.1. The van der Waals surface area contributed by atoms with E-state index in [2.05, 4.69) is 99.8 Å². The molecular weight excluding hydrogens is 783 g/mol. The SMILES string of the molecule is CCCCCCCCCCCCCCCC=CCCCc1ccccc1N=CC(CCCC)=Nc1ccccc1CCCC=CCCCCCCCCCCCCCCC.[Ni]. The van der Waals surface area contributed by atoms with Crippen LogP contribution in [0.15, 0.2) is 82.8 Å². The first kappa shape index (κ1) is 56.8. The van der Waals surface area contributed by atoms with Crippen LogP contribution >= 0.6 is 0 Å². The molecule has 0 aliphatic heterocycles. The van der Waals surface area contributed by atoms with E-state index in [-0.39, 0.29) is 16.5 Å². The van der Waals surface area contributed by atoms with Crippen molar-refractivity contribution in [2.75, 3.05) is 0 Å². The monoisotopic (exact) mass is 879 g/mol. The minimum atomic E-state index is 0. The van der Waals surface area contributed by atoms with E-state index in [1.54, 1.807) is 0 Å². The largest absolute Gasteiger partial charge is 0.255 e. The number of hydrogen-bond donors (Lipinski definition) is 0. The van der Waals surface area contributed by atoms with E-state index in [9.17, 15) is 0 Å². The summed E-state index contributed by atoms with van der Waals surface area (Å²) in [6.45, 7) is 6.87. The number of rotatable bonds is 42. The summed E-state index contributed by atoms with van der Waals surface area (Å²) in [6, 6.07) is 17.5. The van der Waals surface area contributed by atoms with Crippen LogP contribution in [0.5, 0.6) is 0 Å². The van der Waals surface area contributed by atoms with E-state index in [4.69, 9.17) is 9.98 Å². The first-order valence-corrected chi connectivity index (χ1v) is 26.4. The van der Waals surface area contributed by atoms with Crippen LogP contribution in [0.25, 0.3) is 0 Å². The molecule has 0 saturated carbocycles. The minimum absolute atomic E-state index is 0. The molecule has 0 aliphatic rings. The number of allylic oxidation sites excluding steroid dienone is 4. The molecule has 0 spiro atoms. The third kappa shape index (κ3) is 33.9. The van der Waals surface area contributed by atoms with Gasteiger partial charge in [0.1, 0.15) is 0 Å². The molecular formula is C58H96N2Ni. The molecule has 0 atom stereocenters. The fourth-order valence-corrected chi connectivity index (χ4v) is 8.34. The third-order valence-electron chi connectivity index (χ3n) is 12.3. The zero-order valence-corrected chi connectivity index (χ0v) is 41.4. The Kier molecular flexibility index (Phi) is 41.3. The van der Waals surface area contributed by atoms with Gasteiger partial charge >= 0.3 is 0 Å². The van der Waals surface area contributed by atoms with Crippen molar-refractivity contribution in [3.63, 3.8) is 0 Å². The summed E-state index contributed by atoms with van der Waals surface area (Å²) in [5.74, 6) is 0. The molecule has 0 amide bonds. The van der Waals surface area contributed by atoms with Crippen molar-refractivity contribution in [3.8, 4) is 0 Å². The molecule has 0 heterocycles. The van der Waals surface area contributed by atoms with E-state index < -0.39 is 0 Å². The molecule has 2 aromatic rings. The molecule has 2 rings (SSSR count). The van der Waals surface area contributed by atoms with Crippen LogP contribution in [-0.4, -0.2) is 11.9 Å².